The smallest absolute Gasteiger partial charge is 0.166 e. The highest BCUT2D eigenvalue weighted by atomic mass is 32.2. The van der Waals surface area contributed by atoms with Crippen molar-refractivity contribution in [1.29, 1.82) is 0 Å². The number of H-pyrrole nitrogens is 1. The van der Waals surface area contributed by atoms with Gasteiger partial charge in [0.1, 0.15) is 0 Å². The normalized spacial score (nSPS) is 23.9. The molecule has 1 aliphatic carbocycles. The third-order valence-electron chi connectivity index (χ3n) is 4.02. The van der Waals surface area contributed by atoms with Gasteiger partial charge in [-0.3, -0.25) is 0 Å². The highest BCUT2D eigenvalue weighted by Gasteiger charge is 2.25. The molecule has 1 heterocycles. The molecule has 2 aromatic rings. The van der Waals surface area contributed by atoms with Crippen molar-refractivity contribution in [3.05, 3.63) is 23.8 Å². The first kappa shape index (κ1) is 13.0. The minimum Gasteiger partial charge on any atom is -0.333 e. The van der Waals surface area contributed by atoms with E-state index in [2.05, 4.69) is 35.1 Å². The van der Waals surface area contributed by atoms with E-state index in [9.17, 15) is 0 Å². The molecule has 0 bridgehead atoms. The van der Waals surface area contributed by atoms with E-state index < -0.39 is 0 Å². The molecule has 1 aromatic carbocycles. The maximum Gasteiger partial charge on any atom is 0.166 e. The molecule has 0 aliphatic heterocycles. The molecule has 0 spiro atoms. The van der Waals surface area contributed by atoms with Gasteiger partial charge in [-0.25, -0.2) is 4.98 Å². The number of nitrogens with two attached hydrogens (primary N) is 1. The van der Waals surface area contributed by atoms with Crippen molar-refractivity contribution in [1.82, 2.24) is 9.97 Å². The van der Waals surface area contributed by atoms with Crippen LogP contribution in [0.2, 0.25) is 0 Å². The fourth-order valence-electron chi connectivity index (χ4n) is 2.90. The Morgan fingerprint density at radius 3 is 3.05 bits per heavy atom. The summed E-state index contributed by atoms with van der Waals surface area (Å²) in [6, 6.07) is 6.36. The van der Waals surface area contributed by atoms with Crippen molar-refractivity contribution in [2.45, 2.75) is 43.0 Å². The van der Waals surface area contributed by atoms with E-state index in [0.717, 1.165) is 22.7 Å². The highest BCUT2D eigenvalue weighted by Crippen LogP contribution is 2.36. The Balaban J connectivity index is 1.80. The Kier molecular flexibility index (Phi) is 3.80. The Hall–Kier alpha value is -1.00. The van der Waals surface area contributed by atoms with Gasteiger partial charge in [0.05, 0.1) is 11.0 Å². The number of nitrogens with zero attached hydrogens (tertiary/aromatic N) is 1. The molecule has 0 saturated heterocycles. The first-order valence-electron chi connectivity index (χ1n) is 7.09. The maximum atomic E-state index is 5.90. The van der Waals surface area contributed by atoms with Crippen LogP contribution >= 0.6 is 11.8 Å². The zero-order valence-corrected chi connectivity index (χ0v) is 12.2. The van der Waals surface area contributed by atoms with Gasteiger partial charge in [0.15, 0.2) is 5.16 Å². The van der Waals surface area contributed by atoms with Crippen LogP contribution in [0.5, 0.6) is 0 Å². The summed E-state index contributed by atoms with van der Waals surface area (Å²) < 4.78 is 0. The van der Waals surface area contributed by atoms with Crippen LogP contribution in [0, 0.1) is 12.8 Å². The summed E-state index contributed by atoms with van der Waals surface area (Å²) in [6.07, 6.45) is 5.20. The number of benzene rings is 1. The topological polar surface area (TPSA) is 54.7 Å². The molecule has 1 aliphatic rings. The van der Waals surface area contributed by atoms with E-state index in [1.54, 1.807) is 0 Å². The SMILES string of the molecule is Cc1ccc2nc(SC3CCCCC3CN)[nH]c2c1. The highest BCUT2D eigenvalue weighted by molar-refractivity contribution is 7.99. The standard InChI is InChI=1S/C15H21N3S/c1-10-6-7-12-13(8-10)18-15(17-12)19-14-5-3-2-4-11(14)9-16/h6-8,11,14H,2-5,9,16H2,1H3,(H,17,18). The lowest BCUT2D eigenvalue weighted by atomic mass is 9.89. The van der Waals surface area contributed by atoms with Gasteiger partial charge in [-0.2, -0.15) is 0 Å². The number of rotatable bonds is 3. The van der Waals surface area contributed by atoms with Crippen LogP contribution in [0.1, 0.15) is 31.2 Å². The molecule has 1 aromatic heterocycles. The molecule has 1 saturated carbocycles. The number of nitrogens with one attached hydrogen (secondary N) is 1. The summed E-state index contributed by atoms with van der Waals surface area (Å²) in [5.74, 6) is 0.647. The molecular formula is C15H21N3S. The molecular weight excluding hydrogens is 254 g/mol. The van der Waals surface area contributed by atoms with Crippen molar-refractivity contribution in [3.8, 4) is 0 Å². The third kappa shape index (κ3) is 2.79. The molecule has 4 heteroatoms. The second-order valence-electron chi connectivity index (χ2n) is 5.50. The van der Waals surface area contributed by atoms with Crippen LogP contribution in [-0.2, 0) is 0 Å². The molecule has 102 valence electrons. The first-order valence-corrected chi connectivity index (χ1v) is 7.97. The molecule has 19 heavy (non-hydrogen) atoms. The Labute approximate surface area is 118 Å². The van der Waals surface area contributed by atoms with E-state index in [1.807, 2.05) is 11.8 Å². The number of fused-ring (bicyclic) bond motifs is 1. The summed E-state index contributed by atoms with van der Waals surface area (Å²) in [6.45, 7) is 2.91. The van der Waals surface area contributed by atoms with E-state index in [1.165, 1.54) is 31.2 Å². The minimum absolute atomic E-state index is 0.625. The van der Waals surface area contributed by atoms with Gasteiger partial charge in [-0.15, -0.1) is 0 Å². The summed E-state index contributed by atoms with van der Waals surface area (Å²) >= 11 is 1.88. The van der Waals surface area contributed by atoms with Crippen molar-refractivity contribution in [3.63, 3.8) is 0 Å². The van der Waals surface area contributed by atoms with E-state index in [4.69, 9.17) is 5.73 Å². The molecule has 3 N–H and O–H groups in total. The van der Waals surface area contributed by atoms with Crippen LogP contribution in [0.3, 0.4) is 0 Å². The fourth-order valence-corrected chi connectivity index (χ4v) is 4.23. The average molecular weight is 275 g/mol. The zero-order chi connectivity index (χ0) is 13.2. The summed E-state index contributed by atoms with van der Waals surface area (Å²) in [4.78, 5) is 8.12. The number of hydrogen-bond donors (Lipinski definition) is 2. The Morgan fingerprint density at radius 2 is 2.21 bits per heavy atom. The maximum absolute atomic E-state index is 5.90. The third-order valence-corrected chi connectivity index (χ3v) is 5.36. The lowest BCUT2D eigenvalue weighted by Gasteiger charge is -2.29. The lowest BCUT2D eigenvalue weighted by Crippen LogP contribution is -2.28. The monoisotopic (exact) mass is 275 g/mol. The van der Waals surface area contributed by atoms with Crippen molar-refractivity contribution >= 4 is 22.8 Å². The number of thioether (sulfide) groups is 1. The predicted molar refractivity (Wildman–Crippen MR) is 81.5 cm³/mol. The quantitative estimate of drug-likeness (QED) is 0.901. The molecule has 3 nitrogen and oxygen atoms in total. The summed E-state index contributed by atoms with van der Waals surface area (Å²) in [7, 11) is 0. The van der Waals surface area contributed by atoms with Crippen molar-refractivity contribution in [2.24, 2.45) is 11.7 Å². The molecule has 0 radical (unpaired) electrons. The zero-order valence-electron chi connectivity index (χ0n) is 11.4. The fraction of sp³-hybridized carbons (Fsp3) is 0.533. The second-order valence-corrected chi connectivity index (χ2v) is 6.73. The first-order chi connectivity index (χ1) is 9.26. The molecule has 3 rings (SSSR count). The summed E-state index contributed by atoms with van der Waals surface area (Å²) in [5.41, 5.74) is 9.37. The van der Waals surface area contributed by atoms with Gasteiger partial charge >= 0.3 is 0 Å². The summed E-state index contributed by atoms with van der Waals surface area (Å²) in [5, 5.41) is 1.67. The van der Waals surface area contributed by atoms with E-state index in [0.29, 0.717) is 11.2 Å². The van der Waals surface area contributed by atoms with E-state index >= 15 is 0 Å². The van der Waals surface area contributed by atoms with Crippen LogP contribution in [-0.4, -0.2) is 21.8 Å². The number of hydrogen-bond acceptors (Lipinski definition) is 3. The minimum atomic E-state index is 0.625. The van der Waals surface area contributed by atoms with Crippen molar-refractivity contribution < 1.29 is 0 Å². The van der Waals surface area contributed by atoms with E-state index in [-0.39, 0.29) is 0 Å². The van der Waals surface area contributed by atoms with Crippen LogP contribution in [0.4, 0.5) is 0 Å². The Morgan fingerprint density at radius 1 is 1.37 bits per heavy atom. The molecule has 0 amide bonds. The lowest BCUT2D eigenvalue weighted by molar-refractivity contribution is 0.378. The van der Waals surface area contributed by atoms with Gasteiger partial charge in [0, 0.05) is 5.25 Å². The Bertz CT molecular complexity index is 564. The number of imidazole rings is 1. The van der Waals surface area contributed by atoms with Gasteiger partial charge in [0.2, 0.25) is 0 Å². The number of aromatic amines is 1. The number of aryl methyl sites for hydroxylation is 1. The van der Waals surface area contributed by atoms with Gasteiger partial charge in [-0.05, 0) is 49.9 Å². The largest absolute Gasteiger partial charge is 0.333 e. The van der Waals surface area contributed by atoms with Gasteiger partial charge in [0.25, 0.3) is 0 Å². The predicted octanol–water partition coefficient (Wildman–Crippen LogP) is 3.48. The van der Waals surface area contributed by atoms with Crippen molar-refractivity contribution in [2.75, 3.05) is 6.54 Å². The molecule has 1 fully saturated rings. The average Bonchev–Trinajstić information content (AvgIpc) is 2.80. The van der Waals surface area contributed by atoms with Gasteiger partial charge in [-0.1, -0.05) is 30.7 Å². The molecule has 2 unspecified atom stereocenters. The second kappa shape index (κ2) is 5.55. The van der Waals surface area contributed by atoms with Crippen LogP contribution in [0.15, 0.2) is 23.4 Å². The van der Waals surface area contributed by atoms with Crippen LogP contribution < -0.4 is 5.73 Å². The molecule has 2 atom stereocenters. The van der Waals surface area contributed by atoms with Gasteiger partial charge < -0.3 is 10.7 Å². The van der Waals surface area contributed by atoms with Crippen LogP contribution in [0.25, 0.3) is 11.0 Å². The number of aromatic nitrogens is 2.